The van der Waals surface area contributed by atoms with Crippen molar-refractivity contribution in [3.8, 4) is 0 Å². The van der Waals surface area contributed by atoms with Crippen LogP contribution in [-0.2, 0) is 4.74 Å². The van der Waals surface area contributed by atoms with E-state index in [0.717, 1.165) is 25.9 Å². The SMILES string of the molecule is COCCCC1CCCC1O. The van der Waals surface area contributed by atoms with Gasteiger partial charge in [0.2, 0.25) is 0 Å². The standard InChI is InChI=1S/C9H18O2/c1-11-7-3-5-8-4-2-6-9(8)10/h8-10H,2-7H2,1H3. The van der Waals surface area contributed by atoms with E-state index in [1.54, 1.807) is 7.11 Å². The Kier molecular flexibility index (Phi) is 3.87. The van der Waals surface area contributed by atoms with Gasteiger partial charge in [-0.25, -0.2) is 0 Å². The van der Waals surface area contributed by atoms with E-state index < -0.39 is 0 Å². The number of aliphatic hydroxyl groups is 1. The molecule has 2 nitrogen and oxygen atoms in total. The van der Waals surface area contributed by atoms with Crippen LogP contribution >= 0.6 is 0 Å². The minimum atomic E-state index is -0.0214. The van der Waals surface area contributed by atoms with Crippen molar-refractivity contribution in [2.24, 2.45) is 5.92 Å². The van der Waals surface area contributed by atoms with Crippen LogP contribution in [0.1, 0.15) is 32.1 Å². The van der Waals surface area contributed by atoms with Crippen molar-refractivity contribution in [3.05, 3.63) is 0 Å². The lowest BCUT2D eigenvalue weighted by Crippen LogP contribution is -2.13. The zero-order valence-electron chi connectivity index (χ0n) is 7.25. The monoisotopic (exact) mass is 158 g/mol. The van der Waals surface area contributed by atoms with E-state index >= 15 is 0 Å². The first-order chi connectivity index (χ1) is 5.34. The lowest BCUT2D eigenvalue weighted by Gasteiger charge is -2.12. The molecule has 0 saturated heterocycles. The van der Waals surface area contributed by atoms with Crippen LogP contribution in [0.3, 0.4) is 0 Å². The van der Waals surface area contributed by atoms with E-state index in [1.807, 2.05) is 0 Å². The van der Waals surface area contributed by atoms with Gasteiger partial charge < -0.3 is 9.84 Å². The van der Waals surface area contributed by atoms with Crippen LogP contribution in [0.4, 0.5) is 0 Å². The minimum absolute atomic E-state index is 0.0214. The third-order valence-corrected chi connectivity index (χ3v) is 2.54. The maximum atomic E-state index is 9.45. The first kappa shape index (κ1) is 9.01. The average molecular weight is 158 g/mol. The molecule has 11 heavy (non-hydrogen) atoms. The maximum Gasteiger partial charge on any atom is 0.0568 e. The van der Waals surface area contributed by atoms with Crippen molar-refractivity contribution < 1.29 is 9.84 Å². The smallest absolute Gasteiger partial charge is 0.0568 e. The highest BCUT2D eigenvalue weighted by atomic mass is 16.5. The molecule has 1 N–H and O–H groups in total. The molecular formula is C9H18O2. The molecule has 0 aromatic heterocycles. The zero-order chi connectivity index (χ0) is 8.10. The van der Waals surface area contributed by atoms with Crippen LogP contribution in [-0.4, -0.2) is 24.9 Å². The summed E-state index contributed by atoms with van der Waals surface area (Å²) in [6.07, 6.45) is 5.64. The summed E-state index contributed by atoms with van der Waals surface area (Å²) in [6.45, 7) is 0.837. The molecule has 1 fully saturated rings. The van der Waals surface area contributed by atoms with Crippen LogP contribution in [0.15, 0.2) is 0 Å². The molecule has 1 saturated carbocycles. The molecule has 1 aliphatic carbocycles. The first-order valence-electron chi connectivity index (χ1n) is 4.51. The van der Waals surface area contributed by atoms with Crippen molar-refractivity contribution in [3.63, 3.8) is 0 Å². The molecule has 0 heterocycles. The molecule has 1 aliphatic rings. The van der Waals surface area contributed by atoms with Gasteiger partial charge in [0.15, 0.2) is 0 Å². The van der Waals surface area contributed by atoms with E-state index in [2.05, 4.69) is 0 Å². The summed E-state index contributed by atoms with van der Waals surface area (Å²) in [7, 11) is 1.73. The second-order valence-electron chi connectivity index (χ2n) is 3.39. The van der Waals surface area contributed by atoms with Gasteiger partial charge in [0, 0.05) is 13.7 Å². The molecular weight excluding hydrogens is 140 g/mol. The minimum Gasteiger partial charge on any atom is -0.393 e. The third-order valence-electron chi connectivity index (χ3n) is 2.54. The quantitative estimate of drug-likeness (QED) is 0.629. The van der Waals surface area contributed by atoms with Crippen LogP contribution < -0.4 is 0 Å². The molecule has 66 valence electrons. The van der Waals surface area contributed by atoms with Gasteiger partial charge in [0.1, 0.15) is 0 Å². The lowest BCUT2D eigenvalue weighted by molar-refractivity contribution is 0.117. The Labute approximate surface area is 68.6 Å². The summed E-state index contributed by atoms with van der Waals surface area (Å²) in [5.41, 5.74) is 0. The van der Waals surface area contributed by atoms with E-state index in [4.69, 9.17) is 4.74 Å². The Hall–Kier alpha value is -0.0800. The van der Waals surface area contributed by atoms with Crippen molar-refractivity contribution >= 4 is 0 Å². The van der Waals surface area contributed by atoms with Gasteiger partial charge in [0.25, 0.3) is 0 Å². The van der Waals surface area contributed by atoms with Gasteiger partial charge in [-0.2, -0.15) is 0 Å². The maximum absolute atomic E-state index is 9.45. The van der Waals surface area contributed by atoms with Gasteiger partial charge in [-0.1, -0.05) is 6.42 Å². The number of methoxy groups -OCH3 is 1. The van der Waals surface area contributed by atoms with E-state index in [-0.39, 0.29) is 6.10 Å². The van der Waals surface area contributed by atoms with E-state index in [1.165, 1.54) is 12.8 Å². The molecule has 0 spiro atoms. The van der Waals surface area contributed by atoms with Gasteiger partial charge in [0.05, 0.1) is 6.10 Å². The molecule has 2 unspecified atom stereocenters. The topological polar surface area (TPSA) is 29.5 Å². The predicted molar refractivity (Wildman–Crippen MR) is 44.5 cm³/mol. The predicted octanol–water partition coefficient (Wildman–Crippen LogP) is 1.57. The first-order valence-corrected chi connectivity index (χ1v) is 4.51. The Morgan fingerprint density at radius 2 is 2.27 bits per heavy atom. The number of rotatable bonds is 4. The van der Waals surface area contributed by atoms with Crippen LogP contribution in [0.5, 0.6) is 0 Å². The Balaban J connectivity index is 2.05. The van der Waals surface area contributed by atoms with E-state index in [9.17, 15) is 5.11 Å². The number of ether oxygens (including phenoxy) is 1. The molecule has 0 amide bonds. The summed E-state index contributed by atoms with van der Waals surface area (Å²) in [4.78, 5) is 0. The summed E-state index contributed by atoms with van der Waals surface area (Å²) >= 11 is 0. The fourth-order valence-corrected chi connectivity index (χ4v) is 1.84. The summed E-state index contributed by atoms with van der Waals surface area (Å²) in [6, 6.07) is 0. The molecule has 0 aromatic rings. The molecule has 0 aliphatic heterocycles. The summed E-state index contributed by atoms with van der Waals surface area (Å²) in [5.74, 6) is 0.560. The summed E-state index contributed by atoms with van der Waals surface area (Å²) in [5, 5.41) is 9.45. The second kappa shape index (κ2) is 4.73. The fraction of sp³-hybridized carbons (Fsp3) is 1.00. The normalized spacial score (nSPS) is 31.1. The highest BCUT2D eigenvalue weighted by Crippen LogP contribution is 2.28. The van der Waals surface area contributed by atoms with Crippen LogP contribution in [0, 0.1) is 5.92 Å². The summed E-state index contributed by atoms with van der Waals surface area (Å²) < 4.78 is 4.96. The number of hydrogen-bond donors (Lipinski definition) is 1. The molecule has 2 heteroatoms. The van der Waals surface area contributed by atoms with Crippen LogP contribution in [0.2, 0.25) is 0 Å². The Morgan fingerprint density at radius 3 is 2.82 bits per heavy atom. The van der Waals surface area contributed by atoms with Crippen LogP contribution in [0.25, 0.3) is 0 Å². The second-order valence-corrected chi connectivity index (χ2v) is 3.39. The van der Waals surface area contributed by atoms with Gasteiger partial charge in [-0.15, -0.1) is 0 Å². The largest absolute Gasteiger partial charge is 0.393 e. The highest BCUT2D eigenvalue weighted by Gasteiger charge is 2.24. The third kappa shape index (κ3) is 2.80. The molecule has 2 atom stereocenters. The van der Waals surface area contributed by atoms with Gasteiger partial charge in [-0.05, 0) is 31.6 Å². The lowest BCUT2D eigenvalue weighted by atomic mass is 10.0. The van der Waals surface area contributed by atoms with Gasteiger partial charge >= 0.3 is 0 Å². The fourth-order valence-electron chi connectivity index (χ4n) is 1.84. The number of aliphatic hydroxyl groups excluding tert-OH is 1. The van der Waals surface area contributed by atoms with Gasteiger partial charge in [-0.3, -0.25) is 0 Å². The number of hydrogen-bond acceptors (Lipinski definition) is 2. The highest BCUT2D eigenvalue weighted by molar-refractivity contribution is 4.76. The van der Waals surface area contributed by atoms with Crippen molar-refractivity contribution in [1.82, 2.24) is 0 Å². The van der Waals surface area contributed by atoms with E-state index in [0.29, 0.717) is 5.92 Å². The molecule has 0 aromatic carbocycles. The Morgan fingerprint density at radius 1 is 1.45 bits per heavy atom. The molecule has 0 bridgehead atoms. The van der Waals surface area contributed by atoms with Crippen molar-refractivity contribution in [1.29, 1.82) is 0 Å². The Bertz CT molecular complexity index is 104. The average Bonchev–Trinajstić information content (AvgIpc) is 2.37. The van der Waals surface area contributed by atoms with Crippen molar-refractivity contribution in [2.75, 3.05) is 13.7 Å². The molecule has 0 radical (unpaired) electrons. The molecule has 1 rings (SSSR count). The van der Waals surface area contributed by atoms with Crippen molar-refractivity contribution in [2.45, 2.75) is 38.2 Å². The zero-order valence-corrected chi connectivity index (χ0v) is 7.25.